The Morgan fingerprint density at radius 1 is 1.25 bits per heavy atom. The van der Waals surface area contributed by atoms with Crippen molar-refractivity contribution in [2.24, 2.45) is 11.8 Å². The number of likely N-dealkylation sites (tertiary alicyclic amines) is 2. The monoisotopic (exact) mass is 330 g/mol. The first kappa shape index (κ1) is 17.6. The van der Waals surface area contributed by atoms with Crippen molar-refractivity contribution in [2.45, 2.75) is 26.4 Å². The van der Waals surface area contributed by atoms with Gasteiger partial charge in [-0.3, -0.25) is 4.79 Å². The zero-order chi connectivity index (χ0) is 17.1. The van der Waals surface area contributed by atoms with Crippen LogP contribution in [0.15, 0.2) is 12.1 Å². The van der Waals surface area contributed by atoms with Gasteiger partial charge in [0.25, 0.3) is 0 Å². The number of nitrogens with zero attached hydrogens (tertiary/aromatic N) is 2. The maximum Gasteiger partial charge on any atom is 0.150 e. The number of benzene rings is 1. The Balaban J connectivity index is 1.63. The first-order valence-corrected chi connectivity index (χ1v) is 9.08. The predicted molar refractivity (Wildman–Crippen MR) is 96.5 cm³/mol. The van der Waals surface area contributed by atoms with Crippen LogP contribution < -0.4 is 0 Å². The minimum absolute atomic E-state index is 0.508. The van der Waals surface area contributed by atoms with E-state index >= 15 is 0 Å². The van der Waals surface area contributed by atoms with Gasteiger partial charge in [0.05, 0.1) is 6.61 Å². The first-order valence-electron chi connectivity index (χ1n) is 9.08. The number of hydrogen-bond acceptors (Lipinski definition) is 4. The number of piperidine rings is 1. The van der Waals surface area contributed by atoms with Crippen molar-refractivity contribution >= 4 is 6.29 Å². The van der Waals surface area contributed by atoms with Gasteiger partial charge in [-0.05, 0) is 61.9 Å². The minimum Gasteiger partial charge on any atom is -0.380 e. The number of carbonyl (C=O) groups excluding carboxylic acids is 1. The van der Waals surface area contributed by atoms with Gasteiger partial charge in [-0.25, -0.2) is 0 Å². The third kappa shape index (κ3) is 3.71. The van der Waals surface area contributed by atoms with Gasteiger partial charge < -0.3 is 14.5 Å². The third-order valence-corrected chi connectivity index (χ3v) is 5.94. The summed E-state index contributed by atoms with van der Waals surface area (Å²) in [5.74, 6) is 1.75. The number of ether oxygens (including phenoxy) is 1. The Morgan fingerprint density at radius 2 is 2.04 bits per heavy atom. The van der Waals surface area contributed by atoms with Crippen molar-refractivity contribution in [1.29, 1.82) is 0 Å². The second-order valence-corrected chi connectivity index (χ2v) is 7.55. The molecule has 0 N–H and O–H groups in total. The largest absolute Gasteiger partial charge is 0.380 e. The highest BCUT2D eigenvalue weighted by Crippen LogP contribution is 2.30. The van der Waals surface area contributed by atoms with Gasteiger partial charge >= 0.3 is 0 Å². The minimum atomic E-state index is 0.508. The van der Waals surface area contributed by atoms with Gasteiger partial charge in [-0.2, -0.15) is 0 Å². The summed E-state index contributed by atoms with van der Waals surface area (Å²) in [6.07, 6.45) is 3.34. The van der Waals surface area contributed by atoms with Crippen LogP contribution in [0.3, 0.4) is 0 Å². The highest BCUT2D eigenvalue weighted by Gasteiger charge is 2.35. The summed E-state index contributed by atoms with van der Waals surface area (Å²) in [4.78, 5) is 16.3. The van der Waals surface area contributed by atoms with E-state index in [0.29, 0.717) is 6.61 Å². The molecule has 2 unspecified atom stereocenters. The maximum atomic E-state index is 11.2. The zero-order valence-corrected chi connectivity index (χ0v) is 15.3. The lowest BCUT2D eigenvalue weighted by molar-refractivity contribution is 0.111. The molecule has 2 aliphatic heterocycles. The van der Waals surface area contributed by atoms with Crippen LogP contribution in [0.2, 0.25) is 0 Å². The van der Waals surface area contributed by atoms with Crippen molar-refractivity contribution in [3.8, 4) is 0 Å². The van der Waals surface area contributed by atoms with Crippen LogP contribution in [0.4, 0.5) is 0 Å². The molecule has 2 heterocycles. The van der Waals surface area contributed by atoms with E-state index in [4.69, 9.17) is 4.74 Å². The fraction of sp³-hybridized carbons (Fsp3) is 0.650. The molecule has 1 aromatic rings. The smallest absolute Gasteiger partial charge is 0.150 e. The van der Waals surface area contributed by atoms with Crippen molar-refractivity contribution in [3.63, 3.8) is 0 Å². The van der Waals surface area contributed by atoms with Crippen LogP contribution in [0.5, 0.6) is 0 Å². The van der Waals surface area contributed by atoms with Gasteiger partial charge in [0.15, 0.2) is 0 Å². The van der Waals surface area contributed by atoms with Crippen LogP contribution in [-0.2, 0) is 17.8 Å². The molecule has 0 aromatic heterocycles. The summed E-state index contributed by atoms with van der Waals surface area (Å²) in [7, 11) is 3.93. The summed E-state index contributed by atoms with van der Waals surface area (Å²) >= 11 is 0. The molecule has 0 spiro atoms. The molecule has 2 aliphatic rings. The number of fused-ring (bicyclic) bond motifs is 1. The molecule has 132 valence electrons. The Kier molecular flexibility index (Phi) is 5.69. The van der Waals surface area contributed by atoms with E-state index in [1.807, 2.05) is 6.07 Å². The van der Waals surface area contributed by atoms with Crippen molar-refractivity contribution in [3.05, 3.63) is 34.4 Å². The molecule has 3 rings (SSSR count). The predicted octanol–water partition coefficient (Wildman–Crippen LogP) is 2.38. The van der Waals surface area contributed by atoms with Crippen LogP contribution in [0, 0.1) is 18.8 Å². The first-order chi connectivity index (χ1) is 11.6. The lowest BCUT2D eigenvalue weighted by Gasteiger charge is -2.31. The van der Waals surface area contributed by atoms with Gasteiger partial charge in [0, 0.05) is 38.9 Å². The molecule has 0 radical (unpaired) electrons. The van der Waals surface area contributed by atoms with Crippen LogP contribution in [0.1, 0.15) is 33.5 Å². The van der Waals surface area contributed by atoms with E-state index in [2.05, 4.69) is 29.8 Å². The summed E-state index contributed by atoms with van der Waals surface area (Å²) < 4.78 is 5.28. The molecule has 24 heavy (non-hydrogen) atoms. The van der Waals surface area contributed by atoms with Crippen LogP contribution in [-0.4, -0.2) is 63.0 Å². The second-order valence-electron chi connectivity index (χ2n) is 7.55. The quantitative estimate of drug-likeness (QED) is 0.750. The van der Waals surface area contributed by atoms with Gasteiger partial charge in [0.1, 0.15) is 6.29 Å². The molecule has 4 nitrogen and oxygen atoms in total. The van der Waals surface area contributed by atoms with E-state index in [1.54, 1.807) is 7.11 Å². The van der Waals surface area contributed by atoms with Crippen LogP contribution in [0.25, 0.3) is 0 Å². The van der Waals surface area contributed by atoms with Crippen LogP contribution >= 0.6 is 0 Å². The second kappa shape index (κ2) is 7.77. The lowest BCUT2D eigenvalue weighted by Crippen LogP contribution is -2.37. The number of carbonyl (C=O) groups is 1. The summed E-state index contributed by atoms with van der Waals surface area (Å²) in [6, 6.07) is 4.07. The van der Waals surface area contributed by atoms with E-state index in [1.165, 1.54) is 43.7 Å². The van der Waals surface area contributed by atoms with E-state index < -0.39 is 0 Å². The third-order valence-electron chi connectivity index (χ3n) is 5.94. The summed E-state index contributed by atoms with van der Waals surface area (Å²) in [6.45, 7) is 8.75. The van der Waals surface area contributed by atoms with E-state index in [9.17, 15) is 4.79 Å². The molecule has 2 atom stereocenters. The molecule has 1 aromatic carbocycles. The lowest BCUT2D eigenvalue weighted by atomic mass is 9.89. The average Bonchev–Trinajstić information content (AvgIpc) is 2.97. The summed E-state index contributed by atoms with van der Waals surface area (Å²) in [5.41, 5.74) is 4.37. The van der Waals surface area contributed by atoms with E-state index in [-0.39, 0.29) is 0 Å². The topological polar surface area (TPSA) is 32.8 Å². The maximum absolute atomic E-state index is 11.2. The van der Waals surface area contributed by atoms with Crippen molar-refractivity contribution in [2.75, 3.05) is 46.9 Å². The Hall–Kier alpha value is -1.23. The van der Waals surface area contributed by atoms with Crippen molar-refractivity contribution < 1.29 is 9.53 Å². The molecule has 0 amide bonds. The summed E-state index contributed by atoms with van der Waals surface area (Å²) in [5, 5.41) is 0. The van der Waals surface area contributed by atoms with Gasteiger partial charge in [-0.15, -0.1) is 0 Å². The molecule has 2 saturated heterocycles. The molecule has 2 fully saturated rings. The molecule has 4 heteroatoms. The standard InChI is InChI=1S/C20H30N2O2/c1-15-16(4-5-18(13-23)20(15)14-24-3)7-9-22-11-17-6-8-21(2)10-19(17)12-22/h4-5,13,17,19H,6-12,14H2,1-3H3. The highest BCUT2D eigenvalue weighted by molar-refractivity contribution is 5.78. The Bertz CT molecular complexity index is 587. The zero-order valence-electron chi connectivity index (χ0n) is 15.3. The number of hydrogen-bond donors (Lipinski definition) is 0. The van der Waals surface area contributed by atoms with Gasteiger partial charge in [0.2, 0.25) is 0 Å². The molecule has 0 aliphatic carbocycles. The SMILES string of the molecule is COCc1c(C=O)ccc(CCN2CC3CCN(C)CC3C2)c1C. The van der Waals surface area contributed by atoms with Gasteiger partial charge in [-0.1, -0.05) is 12.1 Å². The molecule has 0 saturated carbocycles. The fourth-order valence-corrected chi connectivity index (χ4v) is 4.45. The average molecular weight is 330 g/mol. The molecule has 0 bridgehead atoms. The normalized spacial score (nSPS) is 25.0. The molecular weight excluding hydrogens is 300 g/mol. The molecular formula is C20H30N2O2. The number of rotatable bonds is 6. The highest BCUT2D eigenvalue weighted by atomic mass is 16.5. The van der Waals surface area contributed by atoms with E-state index in [0.717, 1.165) is 42.2 Å². The van der Waals surface area contributed by atoms with Crippen molar-refractivity contribution in [1.82, 2.24) is 9.80 Å². The Morgan fingerprint density at radius 3 is 2.79 bits per heavy atom. The fourth-order valence-electron chi connectivity index (χ4n) is 4.45. The number of methoxy groups -OCH3 is 1. The Labute approximate surface area is 145 Å². The number of aldehydes is 1.